The van der Waals surface area contributed by atoms with Crippen molar-refractivity contribution in [3.63, 3.8) is 0 Å². The molecular weight excluding hydrogens is 310 g/mol. The molecule has 0 atom stereocenters. The number of hydrogen-bond acceptors (Lipinski definition) is 4. The lowest BCUT2D eigenvalue weighted by molar-refractivity contribution is 0.0965. The van der Waals surface area contributed by atoms with E-state index in [9.17, 15) is 4.79 Å². The summed E-state index contributed by atoms with van der Waals surface area (Å²) < 4.78 is 12.9. The molecule has 0 saturated carbocycles. The van der Waals surface area contributed by atoms with Crippen LogP contribution in [0.2, 0.25) is 0 Å². The summed E-state index contributed by atoms with van der Waals surface area (Å²) in [6, 6.07) is 7.81. The Balaban J connectivity index is 1.81. The summed E-state index contributed by atoms with van der Waals surface area (Å²) in [6.07, 6.45) is 4.28. The second kappa shape index (κ2) is 4.86. The Morgan fingerprint density at radius 1 is 1.13 bits per heavy atom. The normalized spacial score (nSPS) is 15.8. The average Bonchev–Trinajstić information content (AvgIpc) is 3.30. The first kappa shape index (κ1) is 13.2. The van der Waals surface area contributed by atoms with Crippen molar-refractivity contribution < 1.29 is 14.3 Å². The lowest BCUT2D eigenvalue weighted by Crippen LogP contribution is -2.16. The second-order valence-electron chi connectivity index (χ2n) is 5.97. The predicted molar refractivity (Wildman–Crippen MR) is 88.8 cm³/mol. The minimum absolute atomic E-state index is 0.0621. The van der Waals surface area contributed by atoms with Crippen LogP contribution in [-0.4, -0.2) is 17.3 Å². The molecule has 23 heavy (non-hydrogen) atoms. The largest absolute Gasteiger partial charge is 0.454 e. The Morgan fingerprint density at radius 3 is 2.78 bits per heavy atom. The molecule has 0 unspecified atom stereocenters. The van der Waals surface area contributed by atoms with Gasteiger partial charge < -0.3 is 9.47 Å². The van der Waals surface area contributed by atoms with Crippen molar-refractivity contribution in [1.29, 1.82) is 0 Å². The molecular formula is C18H15NO3S. The molecule has 1 aromatic carbocycles. The lowest BCUT2D eigenvalue weighted by Gasteiger charge is -2.14. The summed E-state index contributed by atoms with van der Waals surface area (Å²) in [5.74, 6) is 1.58. The number of nitrogens with zero attached hydrogens (tertiary/aromatic N) is 1. The quantitative estimate of drug-likeness (QED) is 0.679. The smallest absolute Gasteiger partial charge is 0.272 e. The van der Waals surface area contributed by atoms with E-state index in [2.05, 4.69) is 0 Å². The summed E-state index contributed by atoms with van der Waals surface area (Å²) in [5, 5.41) is 3.08. The summed E-state index contributed by atoms with van der Waals surface area (Å²) in [4.78, 5) is 13.8. The molecule has 0 fully saturated rings. The van der Waals surface area contributed by atoms with E-state index in [1.807, 2.05) is 34.2 Å². The number of thiophene rings is 1. The van der Waals surface area contributed by atoms with Crippen LogP contribution < -0.4 is 9.47 Å². The third-order valence-electron chi connectivity index (χ3n) is 4.70. The number of rotatable bonds is 1. The highest BCUT2D eigenvalue weighted by molar-refractivity contribution is 7.12. The zero-order chi connectivity index (χ0) is 15.4. The van der Waals surface area contributed by atoms with Gasteiger partial charge in [-0.3, -0.25) is 9.36 Å². The number of ether oxygens (including phenoxy) is 2. The molecule has 116 valence electrons. The van der Waals surface area contributed by atoms with Crippen molar-refractivity contribution in [1.82, 2.24) is 4.57 Å². The Bertz CT molecular complexity index is 924. The standard InChI is InChI=1S/C18H15NO3S/c20-18(17-6-3-7-23-17)19-13-5-2-1-4-11(13)12-8-15-16(9-14(12)19)22-10-21-15/h3,6-9H,1-2,4-5,10H2. The number of aromatic nitrogens is 1. The van der Waals surface area contributed by atoms with E-state index in [0.717, 1.165) is 52.2 Å². The number of carbonyl (C=O) groups excluding carboxylic acids is 1. The van der Waals surface area contributed by atoms with E-state index in [-0.39, 0.29) is 12.7 Å². The fraction of sp³-hybridized carbons (Fsp3) is 0.278. The third kappa shape index (κ3) is 1.86. The number of fused-ring (bicyclic) bond motifs is 4. The van der Waals surface area contributed by atoms with Crippen LogP contribution in [0.4, 0.5) is 0 Å². The Labute approximate surface area is 137 Å². The molecule has 0 spiro atoms. The molecule has 0 saturated heterocycles. The molecule has 1 aliphatic heterocycles. The highest BCUT2D eigenvalue weighted by Gasteiger charge is 2.27. The van der Waals surface area contributed by atoms with E-state index < -0.39 is 0 Å². The summed E-state index contributed by atoms with van der Waals surface area (Å²) >= 11 is 1.49. The molecule has 3 heterocycles. The first-order valence-electron chi connectivity index (χ1n) is 7.87. The van der Waals surface area contributed by atoms with Gasteiger partial charge in [-0.25, -0.2) is 0 Å². The molecule has 2 aromatic heterocycles. The van der Waals surface area contributed by atoms with Crippen molar-refractivity contribution >= 4 is 28.1 Å². The van der Waals surface area contributed by atoms with E-state index >= 15 is 0 Å². The van der Waals surface area contributed by atoms with Gasteiger partial charge in [-0.1, -0.05) is 6.07 Å². The number of hydrogen-bond donors (Lipinski definition) is 0. The van der Waals surface area contributed by atoms with Crippen molar-refractivity contribution in [2.24, 2.45) is 0 Å². The maximum absolute atomic E-state index is 13.1. The van der Waals surface area contributed by atoms with Crippen LogP contribution in [0, 0.1) is 0 Å². The molecule has 2 aliphatic rings. The fourth-order valence-electron chi connectivity index (χ4n) is 3.67. The van der Waals surface area contributed by atoms with Crippen molar-refractivity contribution in [3.05, 3.63) is 45.8 Å². The molecule has 4 nitrogen and oxygen atoms in total. The van der Waals surface area contributed by atoms with Crippen LogP contribution in [0.5, 0.6) is 11.5 Å². The van der Waals surface area contributed by atoms with E-state index in [0.29, 0.717) is 0 Å². The Hall–Kier alpha value is -2.27. The maximum Gasteiger partial charge on any atom is 0.272 e. The van der Waals surface area contributed by atoms with Gasteiger partial charge in [0.1, 0.15) is 0 Å². The molecule has 0 amide bonds. The minimum atomic E-state index is 0.0621. The van der Waals surface area contributed by atoms with E-state index in [1.54, 1.807) is 0 Å². The van der Waals surface area contributed by atoms with E-state index in [4.69, 9.17) is 9.47 Å². The van der Waals surface area contributed by atoms with Gasteiger partial charge in [-0.05, 0) is 48.8 Å². The van der Waals surface area contributed by atoms with Crippen molar-refractivity contribution in [2.45, 2.75) is 25.7 Å². The van der Waals surface area contributed by atoms with E-state index in [1.165, 1.54) is 23.3 Å². The van der Waals surface area contributed by atoms with Gasteiger partial charge in [0.2, 0.25) is 6.79 Å². The predicted octanol–water partition coefficient (Wildman–Crippen LogP) is 4.00. The minimum Gasteiger partial charge on any atom is -0.454 e. The van der Waals surface area contributed by atoms with Gasteiger partial charge in [0, 0.05) is 17.1 Å². The van der Waals surface area contributed by atoms with Crippen LogP contribution in [0.15, 0.2) is 29.6 Å². The van der Waals surface area contributed by atoms with Gasteiger partial charge in [0.05, 0.1) is 10.4 Å². The molecule has 0 radical (unpaired) electrons. The Morgan fingerprint density at radius 2 is 1.96 bits per heavy atom. The molecule has 1 aliphatic carbocycles. The van der Waals surface area contributed by atoms with Gasteiger partial charge in [0.15, 0.2) is 11.5 Å². The van der Waals surface area contributed by atoms with Crippen LogP contribution in [-0.2, 0) is 12.8 Å². The maximum atomic E-state index is 13.1. The van der Waals surface area contributed by atoms with Crippen molar-refractivity contribution in [3.8, 4) is 11.5 Å². The molecule has 5 heteroatoms. The van der Waals surface area contributed by atoms with Crippen LogP contribution in [0.1, 0.15) is 33.8 Å². The van der Waals surface area contributed by atoms with Crippen molar-refractivity contribution in [2.75, 3.05) is 6.79 Å². The van der Waals surface area contributed by atoms with Crippen LogP contribution in [0.25, 0.3) is 10.9 Å². The third-order valence-corrected chi connectivity index (χ3v) is 5.56. The van der Waals surface area contributed by atoms with Gasteiger partial charge in [-0.2, -0.15) is 0 Å². The molecule has 3 aromatic rings. The number of aryl methyl sites for hydroxylation is 1. The van der Waals surface area contributed by atoms with Crippen LogP contribution in [0.3, 0.4) is 0 Å². The highest BCUT2D eigenvalue weighted by atomic mass is 32.1. The SMILES string of the molecule is O=C(c1cccs1)n1c2c(c3cc4c(cc31)OCO4)CCCC2. The highest BCUT2D eigenvalue weighted by Crippen LogP contribution is 2.41. The second-order valence-corrected chi connectivity index (χ2v) is 6.92. The zero-order valence-electron chi connectivity index (χ0n) is 12.5. The number of benzene rings is 1. The molecule has 5 rings (SSSR count). The zero-order valence-corrected chi connectivity index (χ0v) is 13.3. The first-order valence-corrected chi connectivity index (χ1v) is 8.75. The topological polar surface area (TPSA) is 40.5 Å². The molecule has 0 N–H and O–H groups in total. The Kier molecular flexibility index (Phi) is 2.79. The van der Waals surface area contributed by atoms with Crippen LogP contribution >= 0.6 is 11.3 Å². The summed E-state index contributed by atoms with van der Waals surface area (Å²) in [5.41, 5.74) is 3.40. The first-order chi connectivity index (χ1) is 11.3. The monoisotopic (exact) mass is 325 g/mol. The fourth-order valence-corrected chi connectivity index (χ4v) is 4.33. The number of carbonyl (C=O) groups is 1. The molecule has 0 bridgehead atoms. The van der Waals surface area contributed by atoms with Gasteiger partial charge in [0.25, 0.3) is 5.91 Å². The summed E-state index contributed by atoms with van der Waals surface area (Å²) in [7, 11) is 0. The van der Waals surface area contributed by atoms with Gasteiger partial charge in [-0.15, -0.1) is 11.3 Å². The lowest BCUT2D eigenvalue weighted by atomic mass is 9.95. The van der Waals surface area contributed by atoms with Gasteiger partial charge >= 0.3 is 0 Å². The summed E-state index contributed by atoms with van der Waals surface area (Å²) in [6.45, 7) is 0.253. The average molecular weight is 325 g/mol.